The molecule has 42 heavy (non-hydrogen) atoms. The Balaban J connectivity index is 1.37. The van der Waals surface area contributed by atoms with Crippen LogP contribution in [-0.4, -0.2) is 55.0 Å². The Morgan fingerprint density at radius 1 is 1.02 bits per heavy atom. The number of benzene rings is 3. The van der Waals surface area contributed by atoms with E-state index in [0.717, 1.165) is 18.4 Å². The van der Waals surface area contributed by atoms with Crippen LogP contribution in [0.5, 0.6) is 0 Å². The van der Waals surface area contributed by atoms with E-state index in [1.807, 2.05) is 18.2 Å². The highest BCUT2D eigenvalue weighted by Gasteiger charge is 2.27. The summed E-state index contributed by atoms with van der Waals surface area (Å²) in [6, 6.07) is 16.3. The third-order valence-electron chi connectivity index (χ3n) is 7.03. The van der Waals surface area contributed by atoms with Gasteiger partial charge in [0.05, 0.1) is 34.3 Å². The number of carboxylic acids is 1. The van der Waals surface area contributed by atoms with Crippen LogP contribution in [-0.2, 0) is 27.2 Å². The van der Waals surface area contributed by atoms with Gasteiger partial charge in [-0.25, -0.2) is 4.79 Å². The number of nitrogens with one attached hydrogen (secondary N) is 3. The second kappa shape index (κ2) is 14.0. The molecule has 2 atom stereocenters. The van der Waals surface area contributed by atoms with Crippen molar-refractivity contribution in [2.45, 2.75) is 31.3 Å². The average Bonchev–Trinajstić information content (AvgIpc) is 3.37. The number of amides is 3. The molecule has 4 N–H and O–H groups in total. The lowest BCUT2D eigenvalue weighted by Crippen LogP contribution is -2.49. The molecule has 12 heteroatoms. The lowest BCUT2D eigenvalue weighted by Gasteiger charge is -2.22. The third kappa shape index (κ3) is 7.60. The van der Waals surface area contributed by atoms with E-state index >= 15 is 0 Å². The van der Waals surface area contributed by atoms with E-state index < -0.39 is 23.8 Å². The summed E-state index contributed by atoms with van der Waals surface area (Å²) in [4.78, 5) is 51.7. The fraction of sp³-hybridized carbons (Fsp3) is 0.267. The minimum atomic E-state index is -1.47. The molecule has 0 aromatic heterocycles. The molecule has 3 aromatic carbocycles. The second-order valence-electron chi connectivity index (χ2n) is 9.85. The molecule has 0 spiro atoms. The van der Waals surface area contributed by atoms with E-state index in [0.29, 0.717) is 10.6 Å². The molecule has 0 aliphatic heterocycles. The Kier molecular flexibility index (Phi) is 10.5. The van der Waals surface area contributed by atoms with Crippen molar-refractivity contribution in [2.75, 3.05) is 25.0 Å². The highest BCUT2D eigenvalue weighted by Crippen LogP contribution is 2.34. The molecule has 0 radical (unpaired) electrons. The number of carbonyl (C=O) groups is 4. The van der Waals surface area contributed by atoms with Crippen molar-refractivity contribution in [3.05, 3.63) is 98.0 Å². The molecule has 1 aliphatic carbocycles. The van der Waals surface area contributed by atoms with Crippen molar-refractivity contribution in [1.82, 2.24) is 16.0 Å². The number of aryl methyl sites for hydroxylation is 1. The zero-order chi connectivity index (χ0) is 30.4. The molecule has 4 rings (SSSR count). The fourth-order valence-corrected chi connectivity index (χ4v) is 5.66. The van der Waals surface area contributed by atoms with Gasteiger partial charge in [0.15, 0.2) is 0 Å². The topological polar surface area (TPSA) is 128 Å². The molecule has 220 valence electrons. The molecule has 9 nitrogen and oxygen atoms in total. The monoisotopic (exact) mass is 630 g/mol. The maximum Gasteiger partial charge on any atom is 0.328 e. The third-order valence-corrected chi connectivity index (χ3v) is 7.96. The van der Waals surface area contributed by atoms with Crippen molar-refractivity contribution >= 4 is 64.2 Å². The number of carboxylic acid groups (broad SMARTS) is 1. The zero-order valence-electron chi connectivity index (χ0n) is 22.6. The molecule has 0 bridgehead atoms. The number of carbonyl (C=O) groups excluding carboxylic acids is 3. The Morgan fingerprint density at radius 2 is 1.79 bits per heavy atom. The summed E-state index contributed by atoms with van der Waals surface area (Å²) < 4.78 is 0. The number of fused-ring (bicyclic) bond motifs is 1. The highest BCUT2D eigenvalue weighted by molar-refractivity contribution is 6.41. The summed E-state index contributed by atoms with van der Waals surface area (Å²) in [6.07, 6.45) is 1.81. The number of likely N-dealkylation sites (N-methyl/N-ethyl adjacent to an activating group) is 1. The van der Waals surface area contributed by atoms with E-state index in [-0.39, 0.29) is 52.8 Å². The van der Waals surface area contributed by atoms with E-state index in [4.69, 9.17) is 34.8 Å². The van der Waals surface area contributed by atoms with E-state index in [2.05, 4.69) is 22.0 Å². The minimum Gasteiger partial charge on any atom is -0.480 e. The first-order valence-corrected chi connectivity index (χ1v) is 14.3. The number of nitrogens with zero attached hydrogens (tertiary/aromatic N) is 1. The van der Waals surface area contributed by atoms with Crippen LogP contribution in [0, 0.1) is 0 Å². The lowest BCUT2D eigenvalue weighted by atomic mass is 10.1. The number of halogens is 3. The van der Waals surface area contributed by atoms with Crippen LogP contribution in [0.2, 0.25) is 15.1 Å². The van der Waals surface area contributed by atoms with Crippen LogP contribution in [0.15, 0.2) is 60.7 Å². The van der Waals surface area contributed by atoms with E-state index in [9.17, 15) is 24.3 Å². The number of hydrogen-bond donors (Lipinski definition) is 4. The second-order valence-corrected chi connectivity index (χ2v) is 11.1. The van der Waals surface area contributed by atoms with Crippen LogP contribution in [0.3, 0.4) is 0 Å². The molecule has 0 unspecified atom stereocenters. The number of rotatable bonds is 11. The molecule has 0 heterocycles. The molecule has 0 saturated heterocycles. The molecule has 3 aromatic rings. The van der Waals surface area contributed by atoms with Crippen LogP contribution < -0.4 is 20.9 Å². The van der Waals surface area contributed by atoms with Gasteiger partial charge in [0, 0.05) is 24.7 Å². The van der Waals surface area contributed by atoms with Crippen LogP contribution >= 0.6 is 34.8 Å². The van der Waals surface area contributed by atoms with Crippen molar-refractivity contribution in [3.63, 3.8) is 0 Å². The average molecular weight is 632 g/mol. The van der Waals surface area contributed by atoms with Gasteiger partial charge in [0.25, 0.3) is 5.91 Å². The van der Waals surface area contributed by atoms with Gasteiger partial charge >= 0.3 is 5.97 Å². The van der Waals surface area contributed by atoms with Crippen LogP contribution in [0.4, 0.5) is 5.69 Å². The summed E-state index contributed by atoms with van der Waals surface area (Å²) >= 11 is 18.8. The summed E-state index contributed by atoms with van der Waals surface area (Å²) in [6.45, 7) is -0.385. The maximum atomic E-state index is 13.1. The van der Waals surface area contributed by atoms with Gasteiger partial charge in [-0.1, -0.05) is 71.2 Å². The normalized spacial score (nSPS) is 14.5. The first kappa shape index (κ1) is 31.3. The number of hydrogen-bond acceptors (Lipinski definition) is 5. The summed E-state index contributed by atoms with van der Waals surface area (Å²) in [5.74, 6) is -2.98. The van der Waals surface area contributed by atoms with E-state index in [1.165, 1.54) is 29.6 Å². The smallest absolute Gasteiger partial charge is 0.328 e. The first-order chi connectivity index (χ1) is 20.0. The maximum absolute atomic E-state index is 13.1. The first-order valence-electron chi connectivity index (χ1n) is 13.2. The molecule has 3 amide bonds. The van der Waals surface area contributed by atoms with Crippen LogP contribution in [0.25, 0.3) is 0 Å². The SMILES string of the molecule is CN(C(=O)Cc1cccc(Cl)c1)c1ccc(Cl)c(C(=O)N[C@@H](CNC(=O)CN[C@@H]2CCc3ccccc32)C(=O)O)c1Cl. The van der Waals surface area contributed by atoms with Gasteiger partial charge in [-0.05, 0) is 53.8 Å². The predicted octanol–water partition coefficient (Wildman–Crippen LogP) is 4.43. The molecular weight excluding hydrogens is 603 g/mol. The lowest BCUT2D eigenvalue weighted by molar-refractivity contribution is -0.139. The predicted molar refractivity (Wildman–Crippen MR) is 162 cm³/mol. The van der Waals surface area contributed by atoms with Gasteiger partial charge in [0.1, 0.15) is 6.04 Å². The Bertz CT molecular complexity index is 1520. The summed E-state index contributed by atoms with van der Waals surface area (Å²) in [7, 11) is 1.50. The van der Waals surface area contributed by atoms with Crippen molar-refractivity contribution < 1.29 is 24.3 Å². The van der Waals surface area contributed by atoms with Gasteiger partial charge in [-0.3, -0.25) is 14.4 Å². The van der Waals surface area contributed by atoms with Gasteiger partial charge in [-0.15, -0.1) is 0 Å². The van der Waals surface area contributed by atoms with Gasteiger partial charge < -0.3 is 26.0 Å². The summed E-state index contributed by atoms with van der Waals surface area (Å²) in [5, 5.41) is 18.1. The Hall–Kier alpha value is -3.63. The fourth-order valence-electron chi connectivity index (χ4n) is 4.78. The van der Waals surface area contributed by atoms with Crippen LogP contribution in [0.1, 0.15) is 39.5 Å². The van der Waals surface area contributed by atoms with Crippen molar-refractivity contribution in [3.8, 4) is 0 Å². The number of aliphatic carboxylic acids is 1. The summed E-state index contributed by atoms with van der Waals surface area (Å²) in [5.41, 5.74) is 3.09. The Labute approximate surface area is 258 Å². The van der Waals surface area contributed by atoms with E-state index in [1.54, 1.807) is 24.3 Å². The van der Waals surface area contributed by atoms with Gasteiger partial charge in [-0.2, -0.15) is 0 Å². The van der Waals surface area contributed by atoms with Gasteiger partial charge in [0.2, 0.25) is 11.8 Å². The zero-order valence-corrected chi connectivity index (χ0v) is 24.9. The Morgan fingerprint density at radius 3 is 2.52 bits per heavy atom. The molecule has 0 fully saturated rings. The molecule has 0 saturated carbocycles. The van der Waals surface area contributed by atoms with Crippen molar-refractivity contribution in [1.29, 1.82) is 0 Å². The molecular formula is C30H29Cl3N4O5. The largest absolute Gasteiger partial charge is 0.480 e. The minimum absolute atomic E-state index is 0.0193. The molecule has 1 aliphatic rings. The quantitative estimate of drug-likeness (QED) is 0.248. The standard InChI is InChI=1S/C30H29Cl3N4O5/c1-37(26(39)14-17-5-4-7-19(31)13-17)24-12-10-21(32)27(28(24)33)29(40)36-23(30(41)42)15-35-25(38)16-34-22-11-9-18-6-2-3-8-20(18)22/h2-8,10,12-13,22-23,34H,9,11,14-16H2,1H3,(H,35,38)(H,36,40)(H,41,42)/t22-,23+/m1/s1. The number of anilines is 1. The van der Waals surface area contributed by atoms with Crippen molar-refractivity contribution in [2.24, 2.45) is 0 Å². The highest BCUT2D eigenvalue weighted by atomic mass is 35.5.